The van der Waals surface area contributed by atoms with Gasteiger partial charge in [0.25, 0.3) is 0 Å². The number of rotatable bonds is 3. The fourth-order valence-electron chi connectivity index (χ4n) is 4.41. The second kappa shape index (κ2) is 8.26. The van der Waals surface area contributed by atoms with E-state index in [9.17, 15) is 0 Å². The van der Waals surface area contributed by atoms with E-state index in [1.54, 1.807) is 0 Å². The van der Waals surface area contributed by atoms with E-state index >= 15 is 0 Å². The smallest absolute Gasteiger partial charge is 0.0990 e. The van der Waals surface area contributed by atoms with Crippen molar-refractivity contribution in [3.8, 4) is 22.8 Å². The average molecular weight is 584 g/mol. The number of para-hydroxylation sites is 1. The van der Waals surface area contributed by atoms with Crippen LogP contribution in [0.15, 0.2) is 67.0 Å². The number of fused-ring (bicyclic) bond motifs is 1. The molecule has 157 valence electrons. The van der Waals surface area contributed by atoms with E-state index in [0.717, 1.165) is 33.9 Å². The molecule has 2 aromatic heterocycles. The van der Waals surface area contributed by atoms with Crippen LogP contribution >= 0.6 is 0 Å². The van der Waals surface area contributed by atoms with Crippen LogP contribution in [0.5, 0.6) is 0 Å². The SMILES string of the molecule is Cc1cc(C)c(-n2ccnc2-c2[c-]cc3nc(C)n(-c4ccccc4)c3c2)c(C)c1.[Ir]. The van der Waals surface area contributed by atoms with Crippen LogP contribution in [0.25, 0.3) is 33.8 Å². The molecule has 3 aromatic carbocycles. The van der Waals surface area contributed by atoms with Gasteiger partial charge in [-0.3, -0.25) is 9.97 Å². The molecule has 0 amide bonds. The summed E-state index contributed by atoms with van der Waals surface area (Å²) in [6, 6.07) is 22.3. The van der Waals surface area contributed by atoms with Crippen molar-refractivity contribution in [3.05, 3.63) is 95.6 Å². The number of imidazole rings is 2. The molecule has 5 rings (SSSR count). The van der Waals surface area contributed by atoms with Crippen LogP contribution in [0.4, 0.5) is 0 Å². The van der Waals surface area contributed by atoms with E-state index in [-0.39, 0.29) is 20.1 Å². The number of hydrogen-bond acceptors (Lipinski definition) is 2. The van der Waals surface area contributed by atoms with Crippen molar-refractivity contribution in [3.63, 3.8) is 0 Å². The van der Waals surface area contributed by atoms with Crippen molar-refractivity contribution in [2.45, 2.75) is 27.7 Å². The molecular formula is C26H23IrN4-. The Bertz CT molecular complexity index is 1360. The minimum Gasteiger partial charge on any atom is -0.340 e. The normalized spacial score (nSPS) is 11.0. The van der Waals surface area contributed by atoms with Crippen LogP contribution in [-0.2, 0) is 20.1 Å². The van der Waals surface area contributed by atoms with Gasteiger partial charge in [-0.1, -0.05) is 35.9 Å². The summed E-state index contributed by atoms with van der Waals surface area (Å²) in [4.78, 5) is 9.42. The summed E-state index contributed by atoms with van der Waals surface area (Å²) in [5.41, 5.74) is 8.95. The first-order valence-electron chi connectivity index (χ1n) is 10.1. The summed E-state index contributed by atoms with van der Waals surface area (Å²) in [6.45, 7) is 8.47. The quantitative estimate of drug-likeness (QED) is 0.248. The predicted molar refractivity (Wildman–Crippen MR) is 121 cm³/mol. The molecule has 0 N–H and O–H groups in total. The Morgan fingerprint density at radius 2 is 1.61 bits per heavy atom. The Labute approximate surface area is 195 Å². The van der Waals surface area contributed by atoms with Gasteiger partial charge in [-0.05, 0) is 56.5 Å². The molecule has 31 heavy (non-hydrogen) atoms. The summed E-state index contributed by atoms with van der Waals surface area (Å²) in [6.07, 6.45) is 3.88. The first kappa shape index (κ1) is 21.2. The van der Waals surface area contributed by atoms with Crippen molar-refractivity contribution >= 4 is 11.0 Å². The maximum absolute atomic E-state index is 4.73. The fourth-order valence-corrected chi connectivity index (χ4v) is 4.41. The summed E-state index contributed by atoms with van der Waals surface area (Å²) in [7, 11) is 0. The van der Waals surface area contributed by atoms with Crippen LogP contribution in [0, 0.1) is 33.8 Å². The van der Waals surface area contributed by atoms with Gasteiger partial charge in [-0.25, -0.2) is 0 Å². The molecule has 4 nitrogen and oxygen atoms in total. The minimum absolute atomic E-state index is 0. The van der Waals surface area contributed by atoms with Crippen LogP contribution < -0.4 is 0 Å². The zero-order valence-electron chi connectivity index (χ0n) is 18.0. The van der Waals surface area contributed by atoms with Gasteiger partial charge in [0.15, 0.2) is 0 Å². The van der Waals surface area contributed by atoms with E-state index in [2.05, 4.69) is 71.3 Å². The number of aromatic nitrogens is 4. The molecule has 5 heteroatoms. The number of hydrogen-bond donors (Lipinski definition) is 0. The third kappa shape index (κ3) is 3.65. The van der Waals surface area contributed by atoms with Gasteiger partial charge < -0.3 is 9.13 Å². The zero-order chi connectivity index (χ0) is 20.8. The van der Waals surface area contributed by atoms with Gasteiger partial charge in [-0.2, -0.15) is 0 Å². The molecule has 0 unspecified atom stereocenters. The van der Waals surface area contributed by atoms with E-state index in [4.69, 9.17) is 4.98 Å². The van der Waals surface area contributed by atoms with Crippen molar-refractivity contribution < 1.29 is 20.1 Å². The molecule has 2 heterocycles. The predicted octanol–water partition coefficient (Wildman–Crippen LogP) is 5.91. The van der Waals surface area contributed by atoms with Gasteiger partial charge in [0, 0.05) is 49.4 Å². The molecule has 0 saturated carbocycles. The van der Waals surface area contributed by atoms with Gasteiger partial charge in [0.05, 0.1) is 11.6 Å². The number of benzene rings is 3. The Morgan fingerprint density at radius 1 is 0.903 bits per heavy atom. The molecule has 0 aliphatic rings. The standard InChI is InChI=1S/C26H23N4.Ir/c1-17-14-18(2)25(19(3)15-17)29-13-12-27-26(29)21-10-11-23-24(16-21)30(20(4)28-23)22-8-6-5-7-9-22;/h5-9,11-16H,1-4H3;/q-1;. The van der Waals surface area contributed by atoms with Crippen molar-refractivity contribution in [1.29, 1.82) is 0 Å². The van der Waals surface area contributed by atoms with Gasteiger partial charge >= 0.3 is 0 Å². The largest absolute Gasteiger partial charge is 0.340 e. The third-order valence-electron chi connectivity index (χ3n) is 5.53. The molecule has 0 bridgehead atoms. The van der Waals surface area contributed by atoms with Crippen molar-refractivity contribution in [1.82, 2.24) is 19.1 Å². The molecule has 0 fully saturated rings. The molecule has 0 aliphatic heterocycles. The van der Waals surface area contributed by atoms with E-state index < -0.39 is 0 Å². The Hall–Kier alpha value is -3.01. The van der Waals surface area contributed by atoms with Crippen molar-refractivity contribution in [2.75, 3.05) is 0 Å². The van der Waals surface area contributed by atoms with Crippen LogP contribution in [-0.4, -0.2) is 19.1 Å². The van der Waals surface area contributed by atoms with Crippen LogP contribution in [0.2, 0.25) is 0 Å². The number of aryl methyl sites for hydroxylation is 4. The van der Waals surface area contributed by atoms with Crippen LogP contribution in [0.3, 0.4) is 0 Å². The molecule has 5 aromatic rings. The third-order valence-corrected chi connectivity index (χ3v) is 5.53. The second-order valence-corrected chi connectivity index (χ2v) is 7.82. The van der Waals surface area contributed by atoms with Crippen LogP contribution in [0.1, 0.15) is 22.5 Å². The second-order valence-electron chi connectivity index (χ2n) is 7.82. The van der Waals surface area contributed by atoms with E-state index in [1.165, 1.54) is 22.4 Å². The maximum Gasteiger partial charge on any atom is 0.0990 e. The average Bonchev–Trinajstić information content (AvgIpc) is 3.31. The van der Waals surface area contributed by atoms with E-state index in [1.807, 2.05) is 43.6 Å². The monoisotopic (exact) mass is 584 g/mol. The van der Waals surface area contributed by atoms with Crippen molar-refractivity contribution in [2.24, 2.45) is 0 Å². The fraction of sp³-hybridized carbons (Fsp3) is 0.154. The summed E-state index contributed by atoms with van der Waals surface area (Å²) < 4.78 is 4.35. The summed E-state index contributed by atoms with van der Waals surface area (Å²) in [5.74, 6) is 1.83. The summed E-state index contributed by atoms with van der Waals surface area (Å²) in [5, 5.41) is 0. The van der Waals surface area contributed by atoms with Gasteiger partial charge in [-0.15, -0.1) is 23.8 Å². The molecule has 0 atom stereocenters. The number of nitrogens with zero attached hydrogens (tertiary/aromatic N) is 4. The summed E-state index contributed by atoms with van der Waals surface area (Å²) >= 11 is 0. The Kier molecular flexibility index (Phi) is 5.65. The Balaban J connectivity index is 0.00000231. The maximum atomic E-state index is 4.73. The van der Waals surface area contributed by atoms with E-state index in [0.29, 0.717) is 0 Å². The van der Waals surface area contributed by atoms with Gasteiger partial charge in [0.2, 0.25) is 0 Å². The topological polar surface area (TPSA) is 35.6 Å². The minimum atomic E-state index is 0. The molecular weight excluding hydrogens is 561 g/mol. The molecule has 0 saturated heterocycles. The molecule has 0 spiro atoms. The first-order chi connectivity index (χ1) is 14.5. The zero-order valence-corrected chi connectivity index (χ0v) is 20.4. The molecule has 0 aliphatic carbocycles. The van der Waals surface area contributed by atoms with Gasteiger partial charge in [0.1, 0.15) is 0 Å². The molecule has 1 radical (unpaired) electrons. The first-order valence-corrected chi connectivity index (χ1v) is 10.1. The Morgan fingerprint density at radius 3 is 2.32 bits per heavy atom.